The van der Waals surface area contributed by atoms with Crippen LogP contribution < -0.4 is 11.5 Å². The van der Waals surface area contributed by atoms with Gasteiger partial charge in [-0.3, -0.25) is 0 Å². The lowest BCUT2D eigenvalue weighted by Gasteiger charge is -2.17. The molecule has 6 N–H and O–H groups in total. The normalized spacial score (nSPS) is 13.6. The molecule has 0 aliphatic rings. The van der Waals surface area contributed by atoms with E-state index in [9.17, 15) is 10.2 Å². The topological polar surface area (TPSA) is 134 Å². The molecule has 1 aromatic carbocycles. The minimum Gasteiger partial charge on any atom is -0.390 e. The fourth-order valence-electron chi connectivity index (χ4n) is 2.01. The Balaban J connectivity index is 2.23. The second-order valence-corrected chi connectivity index (χ2v) is 4.65. The molecule has 2 atom stereocenters. The highest BCUT2D eigenvalue weighted by molar-refractivity contribution is 5.52. The molecule has 1 heterocycles. The molecule has 0 bridgehead atoms. The Morgan fingerprint density at radius 1 is 1.29 bits per heavy atom. The highest BCUT2D eigenvalue weighted by atomic mass is 16.3. The fraction of sp³-hybridized carbons (Fsp3) is 0.286. The van der Waals surface area contributed by atoms with Crippen LogP contribution in [0.3, 0.4) is 0 Å². The van der Waals surface area contributed by atoms with Gasteiger partial charge in [0.05, 0.1) is 18.0 Å². The van der Waals surface area contributed by atoms with Gasteiger partial charge in [-0.2, -0.15) is 10.4 Å². The van der Waals surface area contributed by atoms with Crippen LogP contribution in [-0.2, 0) is 0 Å². The second-order valence-electron chi connectivity index (χ2n) is 4.65. The fourth-order valence-corrected chi connectivity index (χ4v) is 2.01. The summed E-state index contributed by atoms with van der Waals surface area (Å²) in [5.74, 6) is 0.258. The lowest BCUT2D eigenvalue weighted by molar-refractivity contribution is 0.0150. The van der Waals surface area contributed by atoms with Gasteiger partial charge in [0.1, 0.15) is 23.6 Å². The average Bonchev–Trinajstić information content (AvgIpc) is 2.88. The predicted molar refractivity (Wildman–Crippen MR) is 77.3 cm³/mol. The van der Waals surface area contributed by atoms with Crippen molar-refractivity contribution in [2.45, 2.75) is 18.6 Å². The average molecular weight is 287 g/mol. The Hall–Kier alpha value is -2.40. The van der Waals surface area contributed by atoms with Crippen LogP contribution >= 0.6 is 0 Å². The van der Waals surface area contributed by atoms with Crippen molar-refractivity contribution in [3.05, 3.63) is 41.6 Å². The van der Waals surface area contributed by atoms with Gasteiger partial charge in [0, 0.05) is 0 Å². The van der Waals surface area contributed by atoms with Crippen molar-refractivity contribution in [3.63, 3.8) is 0 Å². The molecule has 0 spiro atoms. The molecule has 7 heteroatoms. The standard InChI is InChI=1S/C14H17N5O2/c15-6-5-12(20)13(21)9-1-3-11(4-2-9)19-14(17)10(7-16)8-18-19/h1-4,8,12-13,20-21H,5-6,15,17H2. The minimum atomic E-state index is -0.993. The molecule has 0 saturated heterocycles. The van der Waals surface area contributed by atoms with E-state index in [1.807, 2.05) is 6.07 Å². The lowest BCUT2D eigenvalue weighted by Crippen LogP contribution is -2.21. The lowest BCUT2D eigenvalue weighted by atomic mass is 10.0. The van der Waals surface area contributed by atoms with Crippen molar-refractivity contribution >= 4 is 5.82 Å². The van der Waals surface area contributed by atoms with Crippen LogP contribution in [0, 0.1) is 11.3 Å². The van der Waals surface area contributed by atoms with Crippen LogP contribution in [0.25, 0.3) is 5.69 Å². The maximum absolute atomic E-state index is 9.98. The summed E-state index contributed by atoms with van der Waals surface area (Å²) in [6, 6.07) is 8.71. The van der Waals surface area contributed by atoms with Crippen LogP contribution in [-0.4, -0.2) is 32.6 Å². The number of nitriles is 1. The third-order valence-corrected chi connectivity index (χ3v) is 3.23. The van der Waals surface area contributed by atoms with Gasteiger partial charge >= 0.3 is 0 Å². The number of rotatable bonds is 5. The Kier molecular flexibility index (Phi) is 4.55. The van der Waals surface area contributed by atoms with E-state index in [0.717, 1.165) is 0 Å². The molecule has 0 radical (unpaired) electrons. The van der Waals surface area contributed by atoms with E-state index in [1.54, 1.807) is 24.3 Å². The second kappa shape index (κ2) is 6.37. The number of nitrogen functional groups attached to an aromatic ring is 1. The number of nitrogens with two attached hydrogens (primary N) is 2. The maximum atomic E-state index is 9.98. The number of hydrogen-bond donors (Lipinski definition) is 4. The van der Waals surface area contributed by atoms with E-state index in [1.165, 1.54) is 10.9 Å². The molecule has 7 nitrogen and oxygen atoms in total. The number of benzene rings is 1. The van der Waals surface area contributed by atoms with Gasteiger partial charge in [-0.1, -0.05) is 12.1 Å². The Morgan fingerprint density at radius 2 is 1.95 bits per heavy atom. The zero-order valence-electron chi connectivity index (χ0n) is 11.3. The maximum Gasteiger partial charge on any atom is 0.145 e. The summed E-state index contributed by atoms with van der Waals surface area (Å²) in [5.41, 5.74) is 12.7. The number of aromatic nitrogens is 2. The van der Waals surface area contributed by atoms with Gasteiger partial charge < -0.3 is 21.7 Å². The molecule has 21 heavy (non-hydrogen) atoms. The summed E-state index contributed by atoms with van der Waals surface area (Å²) in [6.07, 6.45) is -0.183. The van der Waals surface area contributed by atoms with Crippen molar-refractivity contribution in [3.8, 4) is 11.8 Å². The van der Waals surface area contributed by atoms with E-state index in [4.69, 9.17) is 16.7 Å². The SMILES string of the molecule is N#Cc1cnn(-c2ccc(C(O)C(O)CCN)cc2)c1N. The van der Waals surface area contributed by atoms with E-state index in [2.05, 4.69) is 5.10 Å². The van der Waals surface area contributed by atoms with E-state index in [0.29, 0.717) is 29.8 Å². The molecular formula is C14H17N5O2. The molecule has 2 rings (SSSR count). The monoisotopic (exact) mass is 287 g/mol. The zero-order valence-corrected chi connectivity index (χ0v) is 11.3. The number of anilines is 1. The molecule has 0 fully saturated rings. The van der Waals surface area contributed by atoms with Crippen LogP contribution in [0.4, 0.5) is 5.82 Å². The summed E-state index contributed by atoms with van der Waals surface area (Å²) < 4.78 is 1.44. The van der Waals surface area contributed by atoms with Gasteiger partial charge in [0.15, 0.2) is 0 Å². The molecule has 0 saturated carbocycles. The minimum absolute atomic E-state index is 0.258. The largest absolute Gasteiger partial charge is 0.390 e. The molecule has 110 valence electrons. The third-order valence-electron chi connectivity index (χ3n) is 3.23. The highest BCUT2D eigenvalue weighted by Gasteiger charge is 2.17. The Labute approximate surface area is 122 Å². The third kappa shape index (κ3) is 3.03. The molecule has 0 aliphatic carbocycles. The van der Waals surface area contributed by atoms with Crippen molar-refractivity contribution < 1.29 is 10.2 Å². The smallest absolute Gasteiger partial charge is 0.145 e. The molecule has 0 amide bonds. The number of hydrogen-bond acceptors (Lipinski definition) is 6. The molecular weight excluding hydrogens is 270 g/mol. The van der Waals surface area contributed by atoms with Crippen molar-refractivity contribution in [2.75, 3.05) is 12.3 Å². The first kappa shape index (κ1) is 15.0. The van der Waals surface area contributed by atoms with E-state index >= 15 is 0 Å². The highest BCUT2D eigenvalue weighted by Crippen LogP contribution is 2.22. The van der Waals surface area contributed by atoms with Gasteiger partial charge in [-0.05, 0) is 30.7 Å². The molecule has 1 aromatic heterocycles. The van der Waals surface area contributed by atoms with Crippen LogP contribution in [0.1, 0.15) is 23.7 Å². The van der Waals surface area contributed by atoms with Crippen LogP contribution in [0.2, 0.25) is 0 Å². The number of aliphatic hydroxyl groups excluding tert-OH is 2. The molecule has 2 aromatic rings. The van der Waals surface area contributed by atoms with Gasteiger partial charge in [-0.25, -0.2) is 4.68 Å². The van der Waals surface area contributed by atoms with Gasteiger partial charge in [-0.15, -0.1) is 0 Å². The van der Waals surface area contributed by atoms with Gasteiger partial charge in [0.25, 0.3) is 0 Å². The first-order chi connectivity index (χ1) is 10.1. The Morgan fingerprint density at radius 3 is 2.48 bits per heavy atom. The van der Waals surface area contributed by atoms with Crippen LogP contribution in [0.15, 0.2) is 30.5 Å². The summed E-state index contributed by atoms with van der Waals surface area (Å²) in [4.78, 5) is 0. The predicted octanol–water partition coefficient (Wildman–Crippen LogP) is 0.0693. The number of aliphatic hydroxyl groups is 2. The van der Waals surface area contributed by atoms with Crippen molar-refractivity contribution in [2.24, 2.45) is 5.73 Å². The van der Waals surface area contributed by atoms with Crippen LogP contribution in [0.5, 0.6) is 0 Å². The van der Waals surface area contributed by atoms with E-state index < -0.39 is 12.2 Å². The van der Waals surface area contributed by atoms with E-state index in [-0.39, 0.29) is 5.82 Å². The van der Waals surface area contributed by atoms with Crippen molar-refractivity contribution in [1.29, 1.82) is 5.26 Å². The van der Waals surface area contributed by atoms with Crippen molar-refractivity contribution in [1.82, 2.24) is 9.78 Å². The summed E-state index contributed by atoms with van der Waals surface area (Å²) >= 11 is 0. The quantitative estimate of drug-likeness (QED) is 0.614. The zero-order chi connectivity index (χ0) is 15.4. The Bertz CT molecular complexity index is 644. The molecule has 2 unspecified atom stereocenters. The number of nitrogens with zero attached hydrogens (tertiary/aromatic N) is 3. The first-order valence-corrected chi connectivity index (χ1v) is 6.48. The summed E-state index contributed by atoms with van der Waals surface area (Å²) in [6.45, 7) is 0.303. The summed E-state index contributed by atoms with van der Waals surface area (Å²) in [5, 5.41) is 32.6. The van der Waals surface area contributed by atoms with Gasteiger partial charge in [0.2, 0.25) is 0 Å². The first-order valence-electron chi connectivity index (χ1n) is 6.48. The molecule has 0 aliphatic heterocycles. The summed E-state index contributed by atoms with van der Waals surface area (Å²) in [7, 11) is 0.